The summed E-state index contributed by atoms with van der Waals surface area (Å²) in [6.07, 6.45) is 0.876. The minimum atomic E-state index is -0.260. The zero-order chi connectivity index (χ0) is 16.2. The first kappa shape index (κ1) is 15.5. The summed E-state index contributed by atoms with van der Waals surface area (Å²) in [5.74, 6) is -0.260. The van der Waals surface area contributed by atoms with Gasteiger partial charge in [-0.1, -0.05) is 18.2 Å². The van der Waals surface area contributed by atoms with E-state index in [0.29, 0.717) is 5.11 Å². The van der Waals surface area contributed by atoms with Crippen LogP contribution in [0.3, 0.4) is 0 Å². The summed E-state index contributed by atoms with van der Waals surface area (Å²) in [4.78, 5) is 3.40. The van der Waals surface area contributed by atoms with Gasteiger partial charge in [-0.3, -0.25) is 0 Å². The highest BCUT2D eigenvalue weighted by atomic mass is 32.1. The number of aromatic nitrogens is 1. The molecule has 0 aliphatic rings. The Bertz CT molecular complexity index is 824. The van der Waals surface area contributed by atoms with Crippen molar-refractivity contribution < 1.29 is 4.39 Å². The standard InChI is InChI=1S/C18H18FN3S/c1-12-15(16-4-2-3-5-17(16)21-12)10-11-20-18(23)22-14-8-6-13(19)7-9-14/h2-9,21H,10-11H2,1H3,(H2,20,22,23). The molecule has 0 amide bonds. The lowest BCUT2D eigenvalue weighted by Gasteiger charge is -2.10. The van der Waals surface area contributed by atoms with E-state index in [2.05, 4.69) is 34.7 Å². The fourth-order valence-electron chi connectivity index (χ4n) is 2.67. The lowest BCUT2D eigenvalue weighted by Crippen LogP contribution is -2.30. The summed E-state index contributed by atoms with van der Waals surface area (Å²) in [6.45, 7) is 2.82. The summed E-state index contributed by atoms with van der Waals surface area (Å²) in [6, 6.07) is 14.4. The van der Waals surface area contributed by atoms with Gasteiger partial charge in [0.15, 0.2) is 5.11 Å². The molecule has 0 spiro atoms. The van der Waals surface area contributed by atoms with Crippen LogP contribution in [-0.4, -0.2) is 16.6 Å². The number of thiocarbonyl (C=S) groups is 1. The third-order valence-corrected chi connectivity index (χ3v) is 4.04. The Morgan fingerprint density at radius 2 is 1.87 bits per heavy atom. The van der Waals surface area contributed by atoms with Gasteiger partial charge in [-0.15, -0.1) is 0 Å². The second-order valence-electron chi connectivity index (χ2n) is 5.41. The van der Waals surface area contributed by atoms with Gasteiger partial charge in [0.05, 0.1) is 0 Å². The molecule has 3 aromatic rings. The largest absolute Gasteiger partial charge is 0.362 e. The summed E-state index contributed by atoms with van der Waals surface area (Å²) < 4.78 is 12.9. The maximum absolute atomic E-state index is 12.9. The van der Waals surface area contributed by atoms with E-state index in [9.17, 15) is 4.39 Å². The second-order valence-corrected chi connectivity index (χ2v) is 5.82. The highest BCUT2D eigenvalue weighted by molar-refractivity contribution is 7.80. The van der Waals surface area contributed by atoms with Crippen molar-refractivity contribution in [1.82, 2.24) is 10.3 Å². The van der Waals surface area contributed by atoms with Crippen LogP contribution < -0.4 is 10.6 Å². The lowest BCUT2D eigenvalue weighted by molar-refractivity contribution is 0.628. The summed E-state index contributed by atoms with van der Waals surface area (Å²) in [5, 5.41) is 8.03. The molecule has 1 heterocycles. The van der Waals surface area contributed by atoms with Gasteiger partial charge < -0.3 is 15.6 Å². The maximum atomic E-state index is 12.9. The van der Waals surface area contributed by atoms with E-state index in [-0.39, 0.29) is 5.82 Å². The normalized spacial score (nSPS) is 10.7. The molecular formula is C18H18FN3S. The molecule has 1 aromatic heterocycles. The van der Waals surface area contributed by atoms with Gasteiger partial charge in [-0.25, -0.2) is 4.39 Å². The van der Waals surface area contributed by atoms with Crippen molar-refractivity contribution >= 4 is 33.9 Å². The number of benzene rings is 2. The van der Waals surface area contributed by atoms with E-state index in [1.165, 1.54) is 28.8 Å². The van der Waals surface area contributed by atoms with E-state index in [1.54, 1.807) is 12.1 Å². The number of nitrogens with one attached hydrogen (secondary N) is 3. The minimum Gasteiger partial charge on any atom is -0.362 e. The van der Waals surface area contributed by atoms with Crippen LogP contribution in [0.5, 0.6) is 0 Å². The first-order chi connectivity index (χ1) is 11.1. The van der Waals surface area contributed by atoms with E-state index in [4.69, 9.17) is 12.2 Å². The van der Waals surface area contributed by atoms with Gasteiger partial charge in [0.2, 0.25) is 0 Å². The molecule has 118 valence electrons. The molecule has 3 rings (SSSR count). The number of aryl methyl sites for hydroxylation is 1. The number of rotatable bonds is 4. The molecule has 0 unspecified atom stereocenters. The van der Waals surface area contributed by atoms with Crippen molar-refractivity contribution in [3.05, 3.63) is 65.6 Å². The number of aromatic amines is 1. The molecule has 3 nitrogen and oxygen atoms in total. The van der Waals surface area contributed by atoms with Crippen LogP contribution >= 0.6 is 12.2 Å². The Balaban J connectivity index is 1.57. The molecule has 23 heavy (non-hydrogen) atoms. The van der Waals surface area contributed by atoms with Crippen LogP contribution in [0.25, 0.3) is 10.9 Å². The Kier molecular flexibility index (Phi) is 4.57. The SMILES string of the molecule is Cc1[nH]c2ccccc2c1CCNC(=S)Nc1ccc(F)cc1. The minimum absolute atomic E-state index is 0.260. The topological polar surface area (TPSA) is 39.9 Å². The molecule has 0 fully saturated rings. The molecule has 0 aliphatic heterocycles. The molecule has 5 heteroatoms. The fourth-order valence-corrected chi connectivity index (χ4v) is 2.89. The monoisotopic (exact) mass is 327 g/mol. The molecular weight excluding hydrogens is 309 g/mol. The molecule has 0 atom stereocenters. The van der Waals surface area contributed by atoms with Gasteiger partial charge >= 0.3 is 0 Å². The number of hydrogen-bond acceptors (Lipinski definition) is 1. The van der Waals surface area contributed by atoms with Gasteiger partial charge in [0, 0.05) is 28.8 Å². The van der Waals surface area contributed by atoms with Crippen molar-refractivity contribution in [2.24, 2.45) is 0 Å². The Hall–Kier alpha value is -2.40. The van der Waals surface area contributed by atoms with E-state index in [0.717, 1.165) is 24.2 Å². The van der Waals surface area contributed by atoms with Crippen LogP contribution in [0.2, 0.25) is 0 Å². The number of H-pyrrole nitrogens is 1. The average molecular weight is 327 g/mol. The van der Waals surface area contributed by atoms with Crippen LogP contribution in [0, 0.1) is 12.7 Å². The van der Waals surface area contributed by atoms with Crippen molar-refractivity contribution in [2.45, 2.75) is 13.3 Å². The molecule has 3 N–H and O–H groups in total. The van der Waals surface area contributed by atoms with Crippen LogP contribution in [0.4, 0.5) is 10.1 Å². The number of fused-ring (bicyclic) bond motifs is 1. The molecule has 0 radical (unpaired) electrons. The summed E-state index contributed by atoms with van der Waals surface area (Å²) >= 11 is 5.27. The first-order valence-corrected chi connectivity index (χ1v) is 7.91. The van der Waals surface area contributed by atoms with Crippen LogP contribution in [0.1, 0.15) is 11.3 Å². The molecule has 2 aromatic carbocycles. The summed E-state index contributed by atoms with van der Waals surface area (Å²) in [7, 11) is 0. The average Bonchev–Trinajstić information content (AvgIpc) is 2.86. The lowest BCUT2D eigenvalue weighted by atomic mass is 10.1. The molecule has 0 saturated carbocycles. The van der Waals surface area contributed by atoms with Crippen molar-refractivity contribution in [2.75, 3.05) is 11.9 Å². The number of anilines is 1. The van der Waals surface area contributed by atoms with E-state index in [1.807, 2.05) is 12.1 Å². The summed E-state index contributed by atoms with van der Waals surface area (Å²) in [5.41, 5.74) is 4.42. The van der Waals surface area contributed by atoms with E-state index < -0.39 is 0 Å². The second kappa shape index (κ2) is 6.79. The van der Waals surface area contributed by atoms with Crippen molar-refractivity contribution in [3.8, 4) is 0 Å². The third-order valence-electron chi connectivity index (χ3n) is 3.79. The maximum Gasteiger partial charge on any atom is 0.170 e. The van der Waals surface area contributed by atoms with Crippen LogP contribution in [-0.2, 0) is 6.42 Å². The number of halogens is 1. The predicted molar refractivity (Wildman–Crippen MR) is 97.4 cm³/mol. The predicted octanol–water partition coefficient (Wildman–Crippen LogP) is 4.14. The van der Waals surface area contributed by atoms with Crippen molar-refractivity contribution in [3.63, 3.8) is 0 Å². The van der Waals surface area contributed by atoms with Gasteiger partial charge in [0.25, 0.3) is 0 Å². The molecule has 0 saturated heterocycles. The van der Waals surface area contributed by atoms with Gasteiger partial charge in [-0.05, 0) is 61.5 Å². The number of para-hydroxylation sites is 1. The quantitative estimate of drug-likeness (QED) is 0.631. The van der Waals surface area contributed by atoms with Crippen LogP contribution in [0.15, 0.2) is 48.5 Å². The molecule has 0 bridgehead atoms. The fraction of sp³-hybridized carbons (Fsp3) is 0.167. The zero-order valence-corrected chi connectivity index (χ0v) is 13.6. The number of hydrogen-bond donors (Lipinski definition) is 3. The highest BCUT2D eigenvalue weighted by Gasteiger charge is 2.07. The Morgan fingerprint density at radius 3 is 2.65 bits per heavy atom. The Morgan fingerprint density at radius 1 is 1.13 bits per heavy atom. The smallest absolute Gasteiger partial charge is 0.170 e. The Labute approximate surface area is 139 Å². The van der Waals surface area contributed by atoms with Gasteiger partial charge in [-0.2, -0.15) is 0 Å². The van der Waals surface area contributed by atoms with E-state index >= 15 is 0 Å². The van der Waals surface area contributed by atoms with Gasteiger partial charge in [0.1, 0.15) is 5.82 Å². The highest BCUT2D eigenvalue weighted by Crippen LogP contribution is 2.21. The van der Waals surface area contributed by atoms with Crippen molar-refractivity contribution in [1.29, 1.82) is 0 Å². The zero-order valence-electron chi connectivity index (χ0n) is 12.8. The third kappa shape index (κ3) is 3.68. The first-order valence-electron chi connectivity index (χ1n) is 7.50. The molecule has 0 aliphatic carbocycles.